The van der Waals surface area contributed by atoms with E-state index in [0.29, 0.717) is 5.82 Å². The lowest BCUT2D eigenvalue weighted by molar-refractivity contribution is 1.13. The molecule has 3 heteroatoms. The zero-order valence-electron chi connectivity index (χ0n) is 5.96. The maximum absolute atomic E-state index is 5.59. The van der Waals surface area contributed by atoms with E-state index >= 15 is 0 Å². The highest BCUT2D eigenvalue weighted by Gasteiger charge is 2.02. The summed E-state index contributed by atoms with van der Waals surface area (Å²) in [6, 6.07) is 5.75. The Labute approximate surface area is 64.2 Å². The number of rotatable bonds is 0. The van der Waals surface area contributed by atoms with Crippen LogP contribution in [-0.4, -0.2) is 10.2 Å². The van der Waals surface area contributed by atoms with Gasteiger partial charge in [0.2, 0.25) is 0 Å². The Bertz CT molecular complexity index is 389. The van der Waals surface area contributed by atoms with Crippen molar-refractivity contribution in [1.82, 2.24) is 10.2 Å². The second-order valence-electron chi connectivity index (χ2n) is 2.45. The number of nitrogens with two attached hydrogens (primary N) is 1. The number of anilines is 1. The van der Waals surface area contributed by atoms with Crippen LogP contribution in [0.5, 0.6) is 0 Å². The first-order valence-electron chi connectivity index (χ1n) is 3.33. The highest BCUT2D eigenvalue weighted by atomic mass is 15.1. The van der Waals surface area contributed by atoms with Gasteiger partial charge in [-0.05, 0) is 18.6 Å². The molecule has 3 nitrogen and oxygen atoms in total. The summed E-state index contributed by atoms with van der Waals surface area (Å²) < 4.78 is 0. The van der Waals surface area contributed by atoms with Gasteiger partial charge in [0.15, 0.2) is 5.82 Å². The summed E-state index contributed by atoms with van der Waals surface area (Å²) in [6.45, 7) is 3.84. The number of aromatic nitrogens is 2. The molecule has 0 saturated heterocycles. The molecule has 0 fully saturated rings. The molecule has 3 N–H and O–H groups in total. The second kappa shape index (κ2) is 1.99. The van der Waals surface area contributed by atoms with Gasteiger partial charge in [0.1, 0.15) is 0 Å². The lowest BCUT2D eigenvalue weighted by atomic mass is 10.1. The quantitative estimate of drug-likeness (QED) is 0.589. The molecule has 55 valence electrons. The fourth-order valence-corrected chi connectivity index (χ4v) is 1.17. The van der Waals surface area contributed by atoms with Crippen molar-refractivity contribution in [1.29, 1.82) is 0 Å². The van der Waals surface area contributed by atoms with Gasteiger partial charge in [-0.15, -0.1) is 0 Å². The van der Waals surface area contributed by atoms with Gasteiger partial charge in [0.25, 0.3) is 0 Å². The monoisotopic (exact) mass is 146 g/mol. The van der Waals surface area contributed by atoms with E-state index in [4.69, 9.17) is 5.73 Å². The molecule has 0 aliphatic carbocycles. The molecular formula is C8H8N3. The van der Waals surface area contributed by atoms with Crippen LogP contribution >= 0.6 is 0 Å². The van der Waals surface area contributed by atoms with Crippen LogP contribution in [0.3, 0.4) is 0 Å². The zero-order valence-corrected chi connectivity index (χ0v) is 5.96. The van der Waals surface area contributed by atoms with Gasteiger partial charge in [-0.3, -0.25) is 5.10 Å². The third-order valence-electron chi connectivity index (χ3n) is 1.70. The molecule has 0 amide bonds. The minimum atomic E-state index is 0.519. The number of hydrogen-bond acceptors (Lipinski definition) is 2. The highest BCUT2D eigenvalue weighted by molar-refractivity contribution is 5.92. The minimum Gasteiger partial charge on any atom is -0.382 e. The molecule has 0 aliphatic heterocycles. The van der Waals surface area contributed by atoms with Gasteiger partial charge in [0.05, 0.1) is 5.52 Å². The molecule has 0 atom stereocenters. The van der Waals surface area contributed by atoms with Crippen LogP contribution in [0.1, 0.15) is 5.56 Å². The number of nitrogens with one attached hydrogen (secondary N) is 1. The number of fused-ring (bicyclic) bond motifs is 1. The average molecular weight is 146 g/mol. The molecule has 1 radical (unpaired) electrons. The molecule has 0 unspecified atom stereocenters. The Kier molecular flexibility index (Phi) is 1.12. The van der Waals surface area contributed by atoms with E-state index in [0.717, 1.165) is 16.5 Å². The molecule has 0 aliphatic rings. The van der Waals surface area contributed by atoms with Crippen molar-refractivity contribution < 1.29 is 0 Å². The fraction of sp³-hybridized carbons (Fsp3) is 0. The number of aromatic amines is 1. The fourth-order valence-electron chi connectivity index (χ4n) is 1.17. The van der Waals surface area contributed by atoms with Gasteiger partial charge >= 0.3 is 0 Å². The smallest absolute Gasteiger partial charge is 0.153 e. The summed E-state index contributed by atoms with van der Waals surface area (Å²) in [5.41, 5.74) is 7.45. The molecule has 2 rings (SSSR count). The van der Waals surface area contributed by atoms with E-state index < -0.39 is 0 Å². The summed E-state index contributed by atoms with van der Waals surface area (Å²) in [5.74, 6) is 0.519. The number of nitrogen functional groups attached to an aromatic ring is 1. The third-order valence-corrected chi connectivity index (χ3v) is 1.70. The Balaban J connectivity index is 2.96. The second-order valence-corrected chi connectivity index (χ2v) is 2.45. The molecule has 0 spiro atoms. The van der Waals surface area contributed by atoms with Gasteiger partial charge in [-0.1, -0.05) is 12.1 Å². The van der Waals surface area contributed by atoms with Gasteiger partial charge in [-0.25, -0.2) is 0 Å². The predicted molar refractivity (Wildman–Crippen MR) is 45.0 cm³/mol. The number of hydrogen-bond donors (Lipinski definition) is 2. The van der Waals surface area contributed by atoms with Gasteiger partial charge < -0.3 is 5.73 Å². The molecule has 2 aromatic rings. The topological polar surface area (TPSA) is 54.7 Å². The van der Waals surface area contributed by atoms with Gasteiger partial charge in [-0.2, -0.15) is 5.10 Å². The minimum absolute atomic E-state index is 0.519. The van der Waals surface area contributed by atoms with Crippen LogP contribution in [0, 0.1) is 6.92 Å². The van der Waals surface area contributed by atoms with E-state index in [2.05, 4.69) is 17.1 Å². The van der Waals surface area contributed by atoms with Crippen molar-refractivity contribution >= 4 is 16.7 Å². The SMILES string of the molecule is [CH2]c1cccc2[nH]nc(N)c12. The summed E-state index contributed by atoms with van der Waals surface area (Å²) >= 11 is 0. The van der Waals surface area contributed by atoms with E-state index in [1.54, 1.807) is 0 Å². The summed E-state index contributed by atoms with van der Waals surface area (Å²) in [7, 11) is 0. The Morgan fingerprint density at radius 3 is 3.00 bits per heavy atom. The largest absolute Gasteiger partial charge is 0.382 e. The maximum Gasteiger partial charge on any atom is 0.153 e. The number of benzene rings is 1. The van der Waals surface area contributed by atoms with Crippen molar-refractivity contribution in [3.63, 3.8) is 0 Å². The number of nitrogens with zero attached hydrogens (tertiary/aromatic N) is 1. The normalized spacial score (nSPS) is 10.6. The van der Waals surface area contributed by atoms with E-state index in [1.807, 2.05) is 18.2 Å². The van der Waals surface area contributed by atoms with E-state index in [9.17, 15) is 0 Å². The van der Waals surface area contributed by atoms with Crippen molar-refractivity contribution in [2.45, 2.75) is 0 Å². The van der Waals surface area contributed by atoms with Crippen LogP contribution < -0.4 is 5.73 Å². The van der Waals surface area contributed by atoms with Crippen LogP contribution in [0.15, 0.2) is 18.2 Å². The van der Waals surface area contributed by atoms with Crippen molar-refractivity contribution in [3.05, 3.63) is 30.7 Å². The molecular weight excluding hydrogens is 138 g/mol. The van der Waals surface area contributed by atoms with E-state index in [1.165, 1.54) is 0 Å². The van der Waals surface area contributed by atoms with Crippen molar-refractivity contribution in [3.8, 4) is 0 Å². The number of H-pyrrole nitrogens is 1. The third kappa shape index (κ3) is 0.774. The summed E-state index contributed by atoms with van der Waals surface area (Å²) in [5, 5.41) is 7.61. The van der Waals surface area contributed by atoms with Crippen molar-refractivity contribution in [2.24, 2.45) is 0 Å². The lowest BCUT2D eigenvalue weighted by Crippen LogP contribution is -1.85. The highest BCUT2D eigenvalue weighted by Crippen LogP contribution is 2.20. The lowest BCUT2D eigenvalue weighted by Gasteiger charge is -1.93. The molecule has 1 aromatic carbocycles. The van der Waals surface area contributed by atoms with Crippen LogP contribution in [0.4, 0.5) is 5.82 Å². The average Bonchev–Trinajstić information content (AvgIpc) is 2.34. The Morgan fingerprint density at radius 2 is 2.27 bits per heavy atom. The first-order chi connectivity index (χ1) is 5.29. The predicted octanol–water partition coefficient (Wildman–Crippen LogP) is 1.33. The molecule has 0 bridgehead atoms. The van der Waals surface area contributed by atoms with Gasteiger partial charge in [0, 0.05) is 5.39 Å². The molecule has 1 aromatic heterocycles. The molecule has 1 heterocycles. The summed E-state index contributed by atoms with van der Waals surface area (Å²) in [6.07, 6.45) is 0. The first kappa shape index (κ1) is 6.22. The van der Waals surface area contributed by atoms with Crippen LogP contribution in [0.25, 0.3) is 10.9 Å². The molecule has 0 saturated carbocycles. The van der Waals surface area contributed by atoms with Crippen molar-refractivity contribution in [2.75, 3.05) is 5.73 Å². The standard InChI is InChI=1S/C8H8N3/c1-5-3-2-4-6-7(5)8(9)11-10-6/h2-4H,1H2,(H3,9,10,11). The van der Waals surface area contributed by atoms with Crippen LogP contribution in [-0.2, 0) is 0 Å². The summed E-state index contributed by atoms with van der Waals surface area (Å²) in [4.78, 5) is 0. The first-order valence-corrected chi connectivity index (χ1v) is 3.33. The maximum atomic E-state index is 5.59. The molecule has 11 heavy (non-hydrogen) atoms. The van der Waals surface area contributed by atoms with E-state index in [-0.39, 0.29) is 0 Å². The van der Waals surface area contributed by atoms with Crippen LogP contribution in [0.2, 0.25) is 0 Å². The Hall–Kier alpha value is -1.51. The Morgan fingerprint density at radius 1 is 1.45 bits per heavy atom. The zero-order chi connectivity index (χ0) is 7.84.